The minimum absolute atomic E-state index is 0.0626. The lowest BCUT2D eigenvalue weighted by atomic mass is 10.0. The lowest BCUT2D eigenvalue weighted by molar-refractivity contribution is -0.875. The summed E-state index contributed by atoms with van der Waals surface area (Å²) in [6.07, 6.45) is 21.6. The van der Waals surface area contributed by atoms with Gasteiger partial charge in [0.2, 0.25) is 5.34 Å². The van der Waals surface area contributed by atoms with Crippen LogP contribution in [-0.4, -0.2) is 52.4 Å². The van der Waals surface area contributed by atoms with Crippen molar-refractivity contribution in [3.8, 4) is 0 Å². The molecule has 0 heterocycles. The van der Waals surface area contributed by atoms with E-state index in [0.717, 1.165) is 12.8 Å². The van der Waals surface area contributed by atoms with Crippen LogP contribution < -0.4 is 0 Å². The zero-order valence-corrected chi connectivity index (χ0v) is 20.5. The first-order valence-corrected chi connectivity index (χ1v) is 13.3. The zero-order valence-electron chi connectivity index (χ0n) is 19.6. The lowest BCUT2D eigenvalue weighted by Gasteiger charge is -2.35. The van der Waals surface area contributed by atoms with Crippen LogP contribution in [0.15, 0.2) is 12.2 Å². The summed E-state index contributed by atoms with van der Waals surface area (Å²) < 4.78 is 12.1. The van der Waals surface area contributed by atoms with Gasteiger partial charge in [-0.05, 0) is 32.6 Å². The smallest absolute Gasteiger partial charge is 0.362 e. The first-order chi connectivity index (χ1) is 13.5. The van der Waals surface area contributed by atoms with Crippen molar-refractivity contribution in [3.05, 3.63) is 12.2 Å². The monoisotopic (exact) mass is 434 g/mol. The van der Waals surface area contributed by atoms with Gasteiger partial charge in [0.15, 0.2) is 0 Å². The molecule has 0 fully saturated rings. The molecule has 1 unspecified atom stereocenters. The molecule has 0 aliphatic rings. The van der Waals surface area contributed by atoms with E-state index in [9.17, 15) is 19.5 Å². The van der Waals surface area contributed by atoms with Gasteiger partial charge >= 0.3 is 7.60 Å². The number of hydrogen-bond acceptors (Lipinski definition) is 2. The minimum Gasteiger partial charge on any atom is -0.373 e. The first-order valence-electron chi connectivity index (χ1n) is 11.7. The number of rotatable bonds is 19. The van der Waals surface area contributed by atoms with Gasteiger partial charge < -0.3 is 19.4 Å². The van der Waals surface area contributed by atoms with E-state index in [1.54, 1.807) is 0 Å². The van der Waals surface area contributed by atoms with Gasteiger partial charge in [-0.1, -0.05) is 82.8 Å². The van der Waals surface area contributed by atoms with Crippen molar-refractivity contribution in [2.75, 3.05) is 27.7 Å². The highest BCUT2D eigenvalue weighted by molar-refractivity contribution is 7.53. The quantitative estimate of drug-likeness (QED) is 0.101. The largest absolute Gasteiger partial charge is 0.373 e. The molecule has 0 aromatic rings. The molecule has 0 aliphatic carbocycles. The fourth-order valence-corrected chi connectivity index (χ4v) is 4.92. The Morgan fingerprint density at radius 1 is 0.759 bits per heavy atom. The summed E-state index contributed by atoms with van der Waals surface area (Å²) in [5.74, 6) is 0. The molecule has 5 nitrogen and oxygen atoms in total. The van der Waals surface area contributed by atoms with Crippen LogP contribution in [0.3, 0.4) is 0 Å². The van der Waals surface area contributed by atoms with Gasteiger partial charge in [0.05, 0.1) is 21.1 Å². The molecule has 3 N–H and O–H groups in total. The second kappa shape index (κ2) is 15.6. The van der Waals surface area contributed by atoms with Crippen LogP contribution in [0.5, 0.6) is 0 Å². The van der Waals surface area contributed by atoms with Crippen molar-refractivity contribution in [2.24, 2.45) is 0 Å². The summed E-state index contributed by atoms with van der Waals surface area (Å²) in [5, 5.41) is 8.61. The standard InChI is InChI=1S/C23H48NO4P/c1-5-6-7-8-9-10-11-12-13-14-15-16-17-18-19-20-21-23(25,29(26,27)28)22-24(2,3)4/h5-6,25H,7-22H2,1-4H3,(H-,26,27,28)/p+1/b6-5-. The average molecular weight is 435 g/mol. The van der Waals surface area contributed by atoms with E-state index >= 15 is 0 Å². The van der Waals surface area contributed by atoms with Crippen LogP contribution in [0.25, 0.3) is 0 Å². The predicted molar refractivity (Wildman–Crippen MR) is 124 cm³/mol. The maximum Gasteiger partial charge on any atom is 0.362 e. The molecule has 0 aromatic carbocycles. The summed E-state index contributed by atoms with van der Waals surface area (Å²) in [7, 11) is 0.980. The third-order valence-corrected chi connectivity index (χ3v) is 6.90. The van der Waals surface area contributed by atoms with Crippen molar-refractivity contribution in [2.45, 2.75) is 109 Å². The third-order valence-electron chi connectivity index (χ3n) is 5.45. The van der Waals surface area contributed by atoms with Crippen LogP contribution in [0.4, 0.5) is 0 Å². The number of aliphatic hydroxyl groups is 1. The number of hydrogen-bond donors (Lipinski definition) is 3. The van der Waals surface area contributed by atoms with E-state index in [1.165, 1.54) is 70.6 Å². The Morgan fingerprint density at radius 3 is 1.48 bits per heavy atom. The van der Waals surface area contributed by atoms with E-state index in [2.05, 4.69) is 19.1 Å². The maximum absolute atomic E-state index is 11.8. The van der Waals surface area contributed by atoms with Gasteiger partial charge in [-0.15, -0.1) is 0 Å². The van der Waals surface area contributed by atoms with Crippen LogP contribution in [0.1, 0.15) is 103 Å². The molecule has 6 heteroatoms. The Hall–Kier alpha value is -0.190. The molecule has 0 rings (SSSR count). The number of likely N-dealkylation sites (N-methyl/N-ethyl adjacent to an activating group) is 1. The average Bonchev–Trinajstić information content (AvgIpc) is 2.59. The van der Waals surface area contributed by atoms with Crippen molar-refractivity contribution >= 4 is 7.60 Å². The molecular weight excluding hydrogens is 385 g/mol. The SMILES string of the molecule is C/C=C\CCCCCCCCCCCCCCCC(O)(C[N+](C)(C)C)P(=O)(O)O. The van der Waals surface area contributed by atoms with Gasteiger partial charge in [-0.2, -0.15) is 0 Å². The third kappa shape index (κ3) is 16.2. The summed E-state index contributed by atoms with van der Waals surface area (Å²) in [6.45, 7) is 2.15. The molecule has 0 aromatic heterocycles. The van der Waals surface area contributed by atoms with E-state index < -0.39 is 12.9 Å². The van der Waals surface area contributed by atoms with Crippen molar-refractivity contribution in [1.29, 1.82) is 0 Å². The highest BCUT2D eigenvalue weighted by atomic mass is 31.2. The second-order valence-electron chi connectivity index (χ2n) is 9.68. The number of allylic oxidation sites excluding steroid dienone is 2. The predicted octanol–water partition coefficient (Wildman–Crippen LogP) is 5.99. The Balaban J connectivity index is 3.64. The molecule has 0 radical (unpaired) electrons. The van der Waals surface area contributed by atoms with Crippen molar-refractivity contribution in [1.82, 2.24) is 0 Å². The molecule has 0 aliphatic heterocycles. The summed E-state index contributed by atoms with van der Waals surface area (Å²) >= 11 is 0. The fraction of sp³-hybridized carbons (Fsp3) is 0.913. The molecule has 0 amide bonds. The van der Waals surface area contributed by atoms with E-state index in [-0.39, 0.29) is 13.0 Å². The number of unbranched alkanes of at least 4 members (excludes halogenated alkanes) is 13. The van der Waals surface area contributed by atoms with E-state index in [4.69, 9.17) is 0 Å². The maximum atomic E-state index is 11.8. The van der Waals surface area contributed by atoms with Gasteiger partial charge in [0.1, 0.15) is 6.54 Å². The second-order valence-corrected chi connectivity index (χ2v) is 11.6. The number of nitrogens with zero attached hydrogens (tertiary/aromatic N) is 1. The van der Waals surface area contributed by atoms with Crippen molar-refractivity contribution < 1.29 is 23.9 Å². The summed E-state index contributed by atoms with van der Waals surface area (Å²) in [6, 6.07) is 0. The molecule has 0 saturated carbocycles. The molecule has 29 heavy (non-hydrogen) atoms. The molecule has 1 atom stereocenters. The Labute approximate surface area is 180 Å². The molecule has 0 bridgehead atoms. The van der Waals surface area contributed by atoms with E-state index in [0.29, 0.717) is 10.9 Å². The van der Waals surface area contributed by atoms with Gasteiger partial charge in [-0.25, -0.2) is 0 Å². The highest BCUT2D eigenvalue weighted by Crippen LogP contribution is 2.52. The topological polar surface area (TPSA) is 77.8 Å². The lowest BCUT2D eigenvalue weighted by Crippen LogP contribution is -2.49. The highest BCUT2D eigenvalue weighted by Gasteiger charge is 2.48. The van der Waals surface area contributed by atoms with E-state index in [1.807, 2.05) is 21.1 Å². The first kappa shape index (κ1) is 28.8. The molecule has 0 saturated heterocycles. The minimum atomic E-state index is -4.54. The summed E-state index contributed by atoms with van der Waals surface area (Å²) in [4.78, 5) is 19.1. The Kier molecular flexibility index (Phi) is 15.5. The molecule has 0 spiro atoms. The van der Waals surface area contributed by atoms with Crippen LogP contribution in [0, 0.1) is 0 Å². The fourth-order valence-electron chi connectivity index (χ4n) is 3.86. The molecule has 174 valence electrons. The van der Waals surface area contributed by atoms with Gasteiger partial charge in [0, 0.05) is 0 Å². The van der Waals surface area contributed by atoms with Crippen LogP contribution >= 0.6 is 7.60 Å². The van der Waals surface area contributed by atoms with Crippen LogP contribution in [-0.2, 0) is 4.57 Å². The normalized spacial score (nSPS) is 15.1. The van der Waals surface area contributed by atoms with Gasteiger partial charge in [0.25, 0.3) is 0 Å². The number of quaternary nitrogens is 1. The van der Waals surface area contributed by atoms with Gasteiger partial charge in [-0.3, -0.25) is 4.57 Å². The Morgan fingerprint density at radius 2 is 1.14 bits per heavy atom. The van der Waals surface area contributed by atoms with Crippen LogP contribution in [0.2, 0.25) is 0 Å². The summed E-state index contributed by atoms with van der Waals surface area (Å²) in [5.41, 5.74) is 0. The molecular formula is C23H49NO4P+. The Bertz CT molecular complexity index is 470. The zero-order chi connectivity index (χ0) is 22.2. The van der Waals surface area contributed by atoms with Crippen molar-refractivity contribution in [3.63, 3.8) is 0 Å².